The molecule has 0 saturated heterocycles. The summed E-state index contributed by atoms with van der Waals surface area (Å²) in [4.78, 5) is 78.1. The van der Waals surface area contributed by atoms with Crippen molar-refractivity contribution >= 4 is 97.5 Å². The van der Waals surface area contributed by atoms with E-state index in [1.807, 2.05) is 166 Å². The van der Waals surface area contributed by atoms with Crippen molar-refractivity contribution in [3.05, 3.63) is 225 Å². The molecule has 6 aromatic heterocycles. The third-order valence-corrected chi connectivity index (χ3v) is 14.3. The highest BCUT2D eigenvalue weighted by Crippen LogP contribution is 2.29. The second kappa shape index (κ2) is 26.7. The smallest absolute Gasteiger partial charge is 0.253 e. The topological polar surface area (TPSA) is 252 Å². The molecule has 0 unspecified atom stereocenters. The van der Waals surface area contributed by atoms with Crippen LogP contribution in [-0.2, 0) is 0 Å². The Hall–Kier alpha value is -11.3. The fourth-order valence-electron chi connectivity index (χ4n) is 9.08. The van der Waals surface area contributed by atoms with Crippen molar-refractivity contribution in [1.82, 2.24) is 69.6 Å². The van der Waals surface area contributed by atoms with Crippen molar-refractivity contribution in [2.45, 2.75) is 18.7 Å². The minimum Gasteiger partial charge on any atom is -0.345 e. The number of aromatic nitrogens is 12. The Morgan fingerprint density at radius 3 is 1.27 bits per heavy atom. The van der Waals surface area contributed by atoms with Crippen LogP contribution in [0.1, 0.15) is 34.6 Å². The van der Waals surface area contributed by atoms with E-state index in [2.05, 4.69) is 92.6 Å². The lowest BCUT2D eigenvalue weighted by Gasteiger charge is -2.19. The maximum atomic E-state index is 12.6. The molecule has 426 valence electrons. The number of nitrogens with one attached hydrogen (secondary N) is 7. The zero-order valence-corrected chi connectivity index (χ0v) is 48.1. The van der Waals surface area contributed by atoms with Crippen LogP contribution >= 0.6 is 11.9 Å². The molecule has 7 aromatic carbocycles. The van der Waals surface area contributed by atoms with Gasteiger partial charge in [-0.25, -0.2) is 44.9 Å². The van der Waals surface area contributed by atoms with Crippen LogP contribution in [-0.4, -0.2) is 109 Å². The molecule has 13 aromatic rings. The van der Waals surface area contributed by atoms with Crippen molar-refractivity contribution in [2.24, 2.45) is 0 Å². The van der Waals surface area contributed by atoms with E-state index < -0.39 is 0 Å². The highest BCUT2D eigenvalue weighted by atomic mass is 32.2. The monoisotopic (exact) mass is 1150 g/mol. The van der Waals surface area contributed by atoms with E-state index >= 15 is 0 Å². The van der Waals surface area contributed by atoms with E-state index in [1.54, 1.807) is 85.5 Å². The van der Waals surface area contributed by atoms with Crippen molar-refractivity contribution in [3.8, 4) is 33.8 Å². The van der Waals surface area contributed by atoms with Gasteiger partial charge in [0, 0.05) is 101 Å². The van der Waals surface area contributed by atoms with E-state index in [4.69, 9.17) is 0 Å². The summed E-state index contributed by atoms with van der Waals surface area (Å²) < 4.78 is 3.34. The van der Waals surface area contributed by atoms with E-state index in [9.17, 15) is 9.59 Å². The maximum absolute atomic E-state index is 12.6. The van der Waals surface area contributed by atoms with Gasteiger partial charge in [0.25, 0.3) is 11.8 Å². The normalized spacial score (nSPS) is 10.8. The number of carbonyl (C=O) groups is 2. The lowest BCUT2D eigenvalue weighted by atomic mass is 10.1. The van der Waals surface area contributed by atoms with Gasteiger partial charge in [0.05, 0.1) is 69.2 Å². The zero-order chi connectivity index (χ0) is 59.2. The van der Waals surface area contributed by atoms with Crippen LogP contribution < -0.4 is 20.7 Å². The number of para-hydroxylation sites is 1. The molecule has 0 bridgehead atoms. The predicted octanol–water partition coefficient (Wildman–Crippen LogP) is 13.6. The lowest BCUT2D eigenvalue weighted by molar-refractivity contribution is 0.0772. The number of aromatic amines is 3. The van der Waals surface area contributed by atoms with Crippen molar-refractivity contribution in [2.75, 3.05) is 47.9 Å². The van der Waals surface area contributed by atoms with Crippen LogP contribution in [0.25, 0.3) is 66.9 Å². The molecule has 0 saturated carbocycles. The summed E-state index contributed by atoms with van der Waals surface area (Å²) >= 11 is 1.56. The molecule has 13 rings (SSSR count). The Balaban J connectivity index is 0.000000134. The van der Waals surface area contributed by atoms with Gasteiger partial charge >= 0.3 is 0 Å². The Labute approximate surface area is 499 Å². The number of H-pyrrole nitrogens is 3. The number of fused-ring (bicyclic) bond motifs is 3. The SMILES string of the molecule is CCN(CC)C(=O)c1cccc(Nc2nccc(-c3ccc4nc[nH]c4c3)n2)c1.CN(C)C(=O)c1cccc(Nc2nccc(-c3ccc4nc[nH]c4c3)n2)c1.c1ccc(NSc2cccc(Nc3nccc(-c4ccc5nc[nH]c5c4)n3)c2)cc1. The molecule has 0 atom stereocenters. The first-order valence-corrected chi connectivity index (χ1v) is 28.3. The standard InChI is InChI=1S/C23H18N6S.C22H22N6O.C20H18N6O/c1-2-5-17(6-3-1)29-30-19-8-4-7-18(14-19)27-23-24-12-11-20(28-23)16-9-10-21-22(13-16)26-15-25-21;1-3-28(4-2)21(29)16-6-5-7-17(12-16)26-22-23-11-10-18(27-22)15-8-9-19-20(13-15)25-14-24-19;1-26(2)19(27)14-4-3-5-15(10-14)24-20-21-9-8-16(25-20)13-6-7-17-18(11-13)23-12-22-17/h1-15,29H,(H,25,26)(H,24,27,28);5-14H,3-4H2,1-2H3,(H,24,25)(H,23,26,27);3-12H,1-2H3,(H,22,23)(H,21,24,25). The van der Waals surface area contributed by atoms with Gasteiger partial charge in [0.15, 0.2) is 0 Å². The summed E-state index contributed by atoms with van der Waals surface area (Å²) in [6.07, 6.45) is 10.2. The van der Waals surface area contributed by atoms with Gasteiger partial charge in [-0.05, 0) is 147 Å². The van der Waals surface area contributed by atoms with Crippen LogP contribution in [0, 0.1) is 0 Å². The van der Waals surface area contributed by atoms with E-state index in [0.29, 0.717) is 42.1 Å². The lowest BCUT2D eigenvalue weighted by Crippen LogP contribution is -2.30. The number of nitrogens with zero attached hydrogens (tertiary/aromatic N) is 11. The van der Waals surface area contributed by atoms with E-state index in [1.165, 1.54) is 0 Å². The average Bonchev–Trinajstić information content (AvgIpc) is 4.43. The number of carbonyl (C=O) groups excluding carboxylic acids is 2. The quantitative estimate of drug-likeness (QED) is 0.0444. The van der Waals surface area contributed by atoms with E-state index in [0.717, 1.165) is 94.5 Å². The highest BCUT2D eigenvalue weighted by Gasteiger charge is 2.15. The molecule has 20 nitrogen and oxygen atoms in total. The van der Waals surface area contributed by atoms with Crippen LogP contribution in [0.2, 0.25) is 0 Å². The maximum Gasteiger partial charge on any atom is 0.253 e. The molecule has 0 aliphatic carbocycles. The van der Waals surface area contributed by atoms with Gasteiger partial charge < -0.3 is 45.4 Å². The van der Waals surface area contributed by atoms with Crippen LogP contribution in [0.5, 0.6) is 0 Å². The third-order valence-electron chi connectivity index (χ3n) is 13.5. The van der Waals surface area contributed by atoms with Crippen molar-refractivity contribution < 1.29 is 9.59 Å². The van der Waals surface area contributed by atoms with Crippen molar-refractivity contribution in [1.29, 1.82) is 0 Å². The molecule has 2 amide bonds. The number of anilines is 7. The molecule has 0 radical (unpaired) electrons. The predicted molar refractivity (Wildman–Crippen MR) is 342 cm³/mol. The Morgan fingerprint density at radius 2 is 0.837 bits per heavy atom. The number of amides is 2. The first kappa shape index (κ1) is 56.5. The fourth-order valence-corrected chi connectivity index (χ4v) is 9.79. The summed E-state index contributed by atoms with van der Waals surface area (Å²) in [5, 5.41) is 9.67. The largest absolute Gasteiger partial charge is 0.345 e. The molecule has 0 spiro atoms. The van der Waals surface area contributed by atoms with Crippen molar-refractivity contribution in [3.63, 3.8) is 0 Å². The molecule has 6 heterocycles. The highest BCUT2D eigenvalue weighted by molar-refractivity contribution is 8.00. The number of benzene rings is 7. The number of imidazole rings is 3. The van der Waals surface area contributed by atoms with Gasteiger partial charge in [-0.2, -0.15) is 0 Å². The molecule has 7 N–H and O–H groups in total. The number of hydrogen-bond donors (Lipinski definition) is 7. The van der Waals surface area contributed by atoms with Gasteiger partial charge in [-0.15, -0.1) is 0 Å². The second-order valence-corrected chi connectivity index (χ2v) is 20.4. The van der Waals surface area contributed by atoms with Crippen LogP contribution in [0.15, 0.2) is 218 Å². The second-order valence-electron chi connectivity index (χ2n) is 19.5. The summed E-state index contributed by atoms with van der Waals surface area (Å²) in [6, 6.07) is 56.4. The third kappa shape index (κ3) is 14.1. The van der Waals surface area contributed by atoms with Gasteiger partial charge in [0.2, 0.25) is 17.8 Å². The zero-order valence-electron chi connectivity index (χ0n) is 47.3. The fraction of sp³-hybridized carbons (Fsp3) is 0.0923. The average molecular weight is 1160 g/mol. The number of rotatable bonds is 16. The van der Waals surface area contributed by atoms with Gasteiger partial charge in [-0.3, -0.25) is 9.59 Å². The summed E-state index contributed by atoms with van der Waals surface area (Å²) in [7, 11) is 3.46. The molecular weight excluding hydrogens is 1100 g/mol. The molecule has 0 aliphatic rings. The first-order chi connectivity index (χ1) is 42.1. The summed E-state index contributed by atoms with van der Waals surface area (Å²) in [5.74, 6) is 1.45. The van der Waals surface area contributed by atoms with Crippen LogP contribution in [0.4, 0.5) is 40.6 Å². The molecule has 0 fully saturated rings. The minimum atomic E-state index is -0.0545. The Kier molecular flexibility index (Phi) is 17.6. The van der Waals surface area contributed by atoms with Gasteiger partial charge in [0.1, 0.15) is 0 Å². The molecular formula is C65H58N18O2S. The summed E-state index contributed by atoms with van der Waals surface area (Å²) in [5.41, 5.74) is 15.8. The number of hydrogen-bond acceptors (Lipinski definition) is 16. The Morgan fingerprint density at radius 1 is 0.430 bits per heavy atom. The summed E-state index contributed by atoms with van der Waals surface area (Å²) in [6.45, 7) is 5.31. The van der Waals surface area contributed by atoms with E-state index in [-0.39, 0.29) is 11.8 Å². The minimum absolute atomic E-state index is 0.0150. The first-order valence-electron chi connectivity index (χ1n) is 27.5. The molecule has 0 aliphatic heterocycles. The molecule has 21 heteroatoms. The van der Waals surface area contributed by atoms with Gasteiger partial charge in [-0.1, -0.05) is 54.6 Å². The van der Waals surface area contributed by atoms with Crippen LogP contribution in [0.3, 0.4) is 0 Å². The Bertz CT molecular complexity index is 4450. The molecule has 86 heavy (non-hydrogen) atoms.